The molecule has 0 unspecified atom stereocenters. The van der Waals surface area contributed by atoms with Crippen LogP contribution in [0.5, 0.6) is 0 Å². The third kappa shape index (κ3) is 5.52. The summed E-state index contributed by atoms with van der Waals surface area (Å²) < 4.78 is 62.5. The molecule has 150 valence electrons. The zero-order valence-electron chi connectivity index (χ0n) is 13.6. The van der Waals surface area contributed by atoms with E-state index in [0.717, 1.165) is 6.07 Å². The molecular formula is C16H10Cl2F5N3O2. The van der Waals surface area contributed by atoms with Crippen molar-refractivity contribution in [1.29, 1.82) is 0 Å². The summed E-state index contributed by atoms with van der Waals surface area (Å²) in [6, 6.07) is 4.18. The number of nitrogens with zero attached hydrogens (tertiary/aromatic N) is 1. The molecule has 0 saturated carbocycles. The zero-order valence-corrected chi connectivity index (χ0v) is 15.1. The van der Waals surface area contributed by atoms with E-state index >= 15 is 0 Å². The molecule has 12 heteroatoms. The number of rotatable bonds is 5. The van der Waals surface area contributed by atoms with Gasteiger partial charge in [0.25, 0.3) is 18.2 Å². The van der Waals surface area contributed by atoms with Gasteiger partial charge in [-0.3, -0.25) is 9.59 Å². The molecule has 1 aromatic carbocycles. The topological polar surface area (TPSA) is 71.1 Å². The number of carbonyl (C=O) groups is 2. The first kappa shape index (κ1) is 21.8. The number of hydrogen-bond donors (Lipinski definition) is 2. The van der Waals surface area contributed by atoms with Crippen LogP contribution < -0.4 is 10.6 Å². The van der Waals surface area contributed by atoms with Crippen LogP contribution in [0.1, 0.15) is 26.4 Å². The Morgan fingerprint density at radius 2 is 1.79 bits per heavy atom. The van der Waals surface area contributed by atoms with Crippen LogP contribution in [-0.4, -0.2) is 29.8 Å². The van der Waals surface area contributed by atoms with Crippen LogP contribution in [0, 0.1) is 0 Å². The summed E-state index contributed by atoms with van der Waals surface area (Å²) in [7, 11) is 0. The molecule has 0 saturated heterocycles. The molecule has 1 heterocycles. The minimum atomic E-state index is -4.70. The van der Waals surface area contributed by atoms with Crippen LogP contribution in [0.15, 0.2) is 30.5 Å². The average Bonchev–Trinajstić information content (AvgIpc) is 2.60. The number of alkyl halides is 5. The van der Waals surface area contributed by atoms with Crippen molar-refractivity contribution in [3.63, 3.8) is 0 Å². The third-order valence-corrected chi connectivity index (χ3v) is 3.80. The first-order chi connectivity index (χ1) is 13.0. The minimum Gasteiger partial charge on any atom is -0.346 e. The van der Waals surface area contributed by atoms with Gasteiger partial charge in [0, 0.05) is 11.2 Å². The fraction of sp³-hybridized carbons (Fsp3) is 0.188. The Morgan fingerprint density at radius 1 is 1.11 bits per heavy atom. The SMILES string of the molecule is O=C(NCC(F)F)c1cc(Cl)ccc1NC(=O)c1ncc(C(F)(F)F)cc1Cl. The van der Waals surface area contributed by atoms with Crippen LogP contribution in [0.2, 0.25) is 10.0 Å². The molecular weight excluding hydrogens is 432 g/mol. The van der Waals surface area contributed by atoms with Crippen molar-refractivity contribution in [3.05, 3.63) is 57.3 Å². The summed E-state index contributed by atoms with van der Waals surface area (Å²) in [5, 5.41) is 3.72. The molecule has 0 bridgehead atoms. The molecule has 0 spiro atoms. The van der Waals surface area contributed by atoms with Crippen molar-refractivity contribution in [3.8, 4) is 0 Å². The second-order valence-corrected chi connectivity index (χ2v) is 6.14. The molecule has 2 N–H and O–H groups in total. The fourth-order valence-electron chi connectivity index (χ4n) is 2.02. The number of anilines is 1. The molecule has 0 aliphatic heterocycles. The van der Waals surface area contributed by atoms with Gasteiger partial charge >= 0.3 is 6.18 Å². The van der Waals surface area contributed by atoms with Gasteiger partial charge in [0.15, 0.2) is 0 Å². The van der Waals surface area contributed by atoms with Gasteiger partial charge in [0.05, 0.1) is 28.4 Å². The Balaban J connectivity index is 2.28. The second kappa shape index (κ2) is 8.70. The van der Waals surface area contributed by atoms with E-state index in [2.05, 4.69) is 10.3 Å². The van der Waals surface area contributed by atoms with Gasteiger partial charge in [-0.2, -0.15) is 13.2 Å². The van der Waals surface area contributed by atoms with Crippen LogP contribution in [0.3, 0.4) is 0 Å². The molecule has 0 radical (unpaired) electrons. The quantitative estimate of drug-likeness (QED) is 0.663. The monoisotopic (exact) mass is 441 g/mol. The molecule has 2 amide bonds. The van der Waals surface area contributed by atoms with E-state index in [9.17, 15) is 31.5 Å². The zero-order chi connectivity index (χ0) is 21.1. The Labute approximate surface area is 164 Å². The van der Waals surface area contributed by atoms with Gasteiger partial charge in [0.2, 0.25) is 0 Å². The normalized spacial score (nSPS) is 11.4. The van der Waals surface area contributed by atoms with Gasteiger partial charge in [-0.25, -0.2) is 13.8 Å². The summed E-state index contributed by atoms with van der Waals surface area (Å²) in [5.74, 6) is -1.95. The lowest BCUT2D eigenvalue weighted by Crippen LogP contribution is -2.29. The van der Waals surface area contributed by atoms with Crippen LogP contribution in [0.4, 0.5) is 27.6 Å². The Bertz CT molecular complexity index is 906. The van der Waals surface area contributed by atoms with E-state index in [1.165, 1.54) is 12.1 Å². The van der Waals surface area contributed by atoms with Crippen molar-refractivity contribution in [1.82, 2.24) is 10.3 Å². The number of carbonyl (C=O) groups excluding carboxylic acids is 2. The number of hydrogen-bond acceptors (Lipinski definition) is 3. The average molecular weight is 442 g/mol. The lowest BCUT2D eigenvalue weighted by Gasteiger charge is -2.13. The molecule has 28 heavy (non-hydrogen) atoms. The van der Waals surface area contributed by atoms with Gasteiger partial charge in [-0.1, -0.05) is 23.2 Å². The van der Waals surface area contributed by atoms with Crippen LogP contribution in [-0.2, 0) is 6.18 Å². The lowest BCUT2D eigenvalue weighted by molar-refractivity contribution is -0.137. The molecule has 0 aliphatic carbocycles. The first-order valence-corrected chi connectivity index (χ1v) is 8.14. The highest BCUT2D eigenvalue weighted by Crippen LogP contribution is 2.31. The van der Waals surface area contributed by atoms with Crippen molar-refractivity contribution < 1.29 is 31.5 Å². The smallest absolute Gasteiger partial charge is 0.346 e. The molecule has 0 aliphatic rings. The van der Waals surface area contributed by atoms with Crippen molar-refractivity contribution in [2.45, 2.75) is 12.6 Å². The van der Waals surface area contributed by atoms with Gasteiger partial charge in [0.1, 0.15) is 5.69 Å². The Kier molecular flexibility index (Phi) is 6.78. The summed E-state index contributed by atoms with van der Waals surface area (Å²) in [4.78, 5) is 27.7. The second-order valence-electron chi connectivity index (χ2n) is 5.30. The predicted octanol–water partition coefficient (Wildman–Crippen LogP) is 4.65. The number of aromatic nitrogens is 1. The van der Waals surface area contributed by atoms with Gasteiger partial charge < -0.3 is 10.6 Å². The molecule has 5 nitrogen and oxygen atoms in total. The van der Waals surface area contributed by atoms with E-state index in [0.29, 0.717) is 12.3 Å². The predicted molar refractivity (Wildman–Crippen MR) is 92.0 cm³/mol. The van der Waals surface area contributed by atoms with E-state index in [1.54, 1.807) is 0 Å². The number of halogens is 7. The van der Waals surface area contributed by atoms with Crippen molar-refractivity contribution in [2.75, 3.05) is 11.9 Å². The molecule has 0 fully saturated rings. The van der Waals surface area contributed by atoms with E-state index in [1.807, 2.05) is 5.32 Å². The van der Waals surface area contributed by atoms with Gasteiger partial charge in [-0.15, -0.1) is 0 Å². The van der Waals surface area contributed by atoms with Crippen LogP contribution in [0.25, 0.3) is 0 Å². The van der Waals surface area contributed by atoms with E-state index in [-0.39, 0.29) is 16.3 Å². The standard InChI is InChI=1S/C16H10Cl2F5N3O2/c17-8-1-2-11(9(4-8)14(27)25-6-12(19)20)26-15(28)13-10(18)3-7(5-24-13)16(21,22)23/h1-5,12H,6H2,(H,25,27)(H,26,28). The largest absolute Gasteiger partial charge is 0.417 e. The highest BCUT2D eigenvalue weighted by Gasteiger charge is 2.32. The van der Waals surface area contributed by atoms with E-state index < -0.39 is 47.2 Å². The Hall–Kier alpha value is -2.46. The lowest BCUT2D eigenvalue weighted by atomic mass is 10.1. The fourth-order valence-corrected chi connectivity index (χ4v) is 2.44. The maximum absolute atomic E-state index is 12.6. The molecule has 2 aromatic rings. The number of nitrogens with one attached hydrogen (secondary N) is 2. The maximum Gasteiger partial charge on any atom is 0.417 e. The maximum atomic E-state index is 12.6. The third-order valence-electron chi connectivity index (χ3n) is 3.27. The number of benzene rings is 1. The number of amides is 2. The van der Waals surface area contributed by atoms with Crippen molar-refractivity contribution >= 4 is 40.7 Å². The summed E-state index contributed by atoms with van der Waals surface area (Å²) >= 11 is 11.5. The highest BCUT2D eigenvalue weighted by molar-refractivity contribution is 6.34. The van der Waals surface area contributed by atoms with E-state index in [4.69, 9.17) is 23.2 Å². The minimum absolute atomic E-state index is 0.0888. The van der Waals surface area contributed by atoms with Crippen LogP contribution >= 0.6 is 23.2 Å². The first-order valence-electron chi connectivity index (χ1n) is 7.39. The summed E-state index contributed by atoms with van der Waals surface area (Å²) in [5.41, 5.74) is -2.03. The highest BCUT2D eigenvalue weighted by atomic mass is 35.5. The number of pyridine rings is 1. The molecule has 1 aromatic heterocycles. The summed E-state index contributed by atoms with van der Waals surface area (Å²) in [6.45, 7) is -0.926. The molecule has 0 atom stereocenters. The van der Waals surface area contributed by atoms with Crippen molar-refractivity contribution in [2.24, 2.45) is 0 Å². The van der Waals surface area contributed by atoms with Gasteiger partial charge in [-0.05, 0) is 24.3 Å². The Morgan fingerprint density at radius 3 is 2.36 bits per heavy atom. The molecule has 2 rings (SSSR count). The summed E-state index contributed by atoms with van der Waals surface area (Å²) in [6.07, 6.45) is -7.06.